The van der Waals surface area contributed by atoms with Crippen LogP contribution >= 0.6 is 23.5 Å². The van der Waals surface area contributed by atoms with Crippen LogP contribution in [0.15, 0.2) is 53.4 Å². The van der Waals surface area contributed by atoms with Crippen LogP contribution in [0.25, 0.3) is 0 Å². The van der Waals surface area contributed by atoms with Crippen LogP contribution in [0, 0.1) is 11.3 Å². The molecule has 0 amide bonds. The molecule has 136 valence electrons. The third kappa shape index (κ3) is 4.07. The van der Waals surface area contributed by atoms with Crippen molar-refractivity contribution in [3.05, 3.63) is 65.2 Å². The maximum absolute atomic E-state index is 10.8. The maximum Gasteiger partial charge on any atom is 0.108 e. The molecule has 0 radical (unpaired) electrons. The fourth-order valence-electron chi connectivity index (χ4n) is 2.74. The lowest BCUT2D eigenvalue weighted by Gasteiger charge is -2.34. The zero-order valence-electron chi connectivity index (χ0n) is 13.8. The van der Waals surface area contributed by atoms with E-state index in [-0.39, 0.29) is 4.58 Å². The minimum atomic E-state index is -1.18. The van der Waals surface area contributed by atoms with Gasteiger partial charge in [-0.25, -0.2) is 0 Å². The number of aliphatic hydroxyl groups is 4. The summed E-state index contributed by atoms with van der Waals surface area (Å²) in [6.07, 6.45) is -4.04. The van der Waals surface area contributed by atoms with E-state index in [1.807, 2.05) is 24.3 Å². The quantitative estimate of drug-likeness (QED) is 0.633. The monoisotopic (exact) mass is 389 g/mol. The molecule has 4 N–H and O–H groups in total. The van der Waals surface area contributed by atoms with E-state index < -0.39 is 24.4 Å². The molecule has 1 aliphatic heterocycles. The zero-order valence-corrected chi connectivity index (χ0v) is 15.4. The Morgan fingerprint density at radius 3 is 2.42 bits per heavy atom. The SMILES string of the molecule is N#Cc1ccc(C(O)c2ccccc2S[C@@H]2SC[C@@H](O)[C@H](O)[C@H]2O)cc1. The summed E-state index contributed by atoms with van der Waals surface area (Å²) in [5.74, 6) is 0.343. The van der Waals surface area contributed by atoms with Gasteiger partial charge in [0.25, 0.3) is 0 Å². The van der Waals surface area contributed by atoms with Crippen molar-refractivity contribution in [1.82, 2.24) is 0 Å². The number of hydrogen-bond donors (Lipinski definition) is 4. The van der Waals surface area contributed by atoms with E-state index >= 15 is 0 Å². The van der Waals surface area contributed by atoms with Crippen molar-refractivity contribution in [2.45, 2.75) is 33.9 Å². The molecule has 7 heteroatoms. The van der Waals surface area contributed by atoms with Gasteiger partial charge in [0.2, 0.25) is 0 Å². The zero-order chi connectivity index (χ0) is 18.7. The molecule has 1 saturated heterocycles. The Morgan fingerprint density at radius 2 is 1.73 bits per heavy atom. The van der Waals surface area contributed by atoms with Crippen molar-refractivity contribution < 1.29 is 20.4 Å². The molecule has 0 bridgehead atoms. The summed E-state index contributed by atoms with van der Waals surface area (Å²) in [5.41, 5.74) is 1.89. The predicted octanol–water partition coefficient (Wildman–Crippen LogP) is 1.89. The lowest BCUT2D eigenvalue weighted by Crippen LogP contribution is -2.47. The van der Waals surface area contributed by atoms with E-state index in [2.05, 4.69) is 6.07 Å². The molecule has 1 unspecified atom stereocenters. The average Bonchev–Trinajstić information content (AvgIpc) is 2.68. The fourth-order valence-corrected chi connectivity index (χ4v) is 5.53. The van der Waals surface area contributed by atoms with Gasteiger partial charge in [0.1, 0.15) is 18.3 Å². The molecule has 5 nitrogen and oxygen atoms in total. The van der Waals surface area contributed by atoms with Crippen LogP contribution in [0.2, 0.25) is 0 Å². The summed E-state index contributed by atoms with van der Waals surface area (Å²) in [5, 5.41) is 49.5. The molecule has 5 atom stereocenters. The van der Waals surface area contributed by atoms with E-state index in [0.29, 0.717) is 22.4 Å². The molecule has 0 aliphatic carbocycles. The van der Waals surface area contributed by atoms with E-state index in [1.165, 1.54) is 23.5 Å². The van der Waals surface area contributed by atoms with Crippen molar-refractivity contribution >= 4 is 23.5 Å². The van der Waals surface area contributed by atoms with Crippen LogP contribution in [0.1, 0.15) is 22.8 Å². The first-order chi connectivity index (χ1) is 12.5. The number of benzene rings is 2. The summed E-state index contributed by atoms with van der Waals surface area (Å²) in [4.78, 5) is 0.796. The number of hydrogen-bond acceptors (Lipinski definition) is 7. The van der Waals surface area contributed by atoms with Crippen molar-refractivity contribution in [2.24, 2.45) is 0 Å². The molecule has 1 heterocycles. The molecule has 2 aromatic rings. The van der Waals surface area contributed by atoms with Gasteiger partial charge < -0.3 is 20.4 Å². The Hall–Kier alpha value is -1.53. The van der Waals surface area contributed by atoms with Crippen LogP contribution in [0.4, 0.5) is 0 Å². The van der Waals surface area contributed by atoms with Crippen molar-refractivity contribution in [2.75, 3.05) is 5.75 Å². The molecule has 26 heavy (non-hydrogen) atoms. The summed E-state index contributed by atoms with van der Waals surface area (Å²) in [7, 11) is 0. The van der Waals surface area contributed by atoms with E-state index in [4.69, 9.17) is 5.26 Å². The molecule has 3 rings (SSSR count). The first kappa shape index (κ1) is 19.2. The lowest BCUT2D eigenvalue weighted by molar-refractivity contribution is -0.0474. The minimum absolute atomic E-state index is 0.343. The van der Waals surface area contributed by atoms with Gasteiger partial charge in [0.05, 0.1) is 22.3 Å². The third-order valence-corrected chi connectivity index (χ3v) is 7.24. The van der Waals surface area contributed by atoms with Crippen LogP contribution in [-0.4, -0.2) is 49.1 Å². The first-order valence-electron chi connectivity index (χ1n) is 8.10. The molecule has 2 aromatic carbocycles. The van der Waals surface area contributed by atoms with Gasteiger partial charge in [0, 0.05) is 10.6 Å². The second kappa shape index (κ2) is 8.44. The van der Waals surface area contributed by atoms with E-state index in [0.717, 1.165) is 4.90 Å². The smallest absolute Gasteiger partial charge is 0.108 e. The highest BCUT2D eigenvalue weighted by Gasteiger charge is 2.38. The lowest BCUT2D eigenvalue weighted by atomic mass is 10.0. The van der Waals surface area contributed by atoms with Crippen molar-refractivity contribution in [3.63, 3.8) is 0 Å². The van der Waals surface area contributed by atoms with Crippen molar-refractivity contribution in [1.29, 1.82) is 5.26 Å². The highest BCUT2D eigenvalue weighted by Crippen LogP contribution is 2.41. The van der Waals surface area contributed by atoms with Gasteiger partial charge in [0.15, 0.2) is 0 Å². The Morgan fingerprint density at radius 1 is 1.04 bits per heavy atom. The predicted molar refractivity (Wildman–Crippen MR) is 102 cm³/mol. The topological polar surface area (TPSA) is 105 Å². The minimum Gasteiger partial charge on any atom is -0.389 e. The van der Waals surface area contributed by atoms with Gasteiger partial charge in [-0.1, -0.05) is 30.3 Å². The van der Waals surface area contributed by atoms with Crippen LogP contribution < -0.4 is 0 Å². The molecule has 1 aliphatic rings. The summed E-state index contributed by atoms with van der Waals surface area (Å²) in [6, 6.07) is 16.2. The largest absolute Gasteiger partial charge is 0.389 e. The molecule has 0 saturated carbocycles. The van der Waals surface area contributed by atoms with Crippen LogP contribution in [0.5, 0.6) is 0 Å². The van der Waals surface area contributed by atoms with Crippen LogP contribution in [0.3, 0.4) is 0 Å². The second-order valence-corrected chi connectivity index (χ2v) is 8.70. The van der Waals surface area contributed by atoms with E-state index in [1.54, 1.807) is 24.3 Å². The number of rotatable bonds is 4. The number of nitrogens with zero attached hydrogens (tertiary/aromatic N) is 1. The Labute approximate surface area is 160 Å². The molecule has 0 spiro atoms. The average molecular weight is 389 g/mol. The highest BCUT2D eigenvalue weighted by atomic mass is 32.2. The standard InChI is InChI=1S/C19H19NO4S2/c20-9-11-5-7-12(8-6-11)16(22)13-3-1-2-4-15(13)26-19-18(24)17(23)14(21)10-25-19/h1-8,14,16-19,21-24H,10H2/t14-,16?,17+,18-,19+/m1/s1. The molecular formula is C19H19NO4S2. The summed E-state index contributed by atoms with van der Waals surface area (Å²) >= 11 is 2.75. The Bertz CT molecular complexity index is 793. The van der Waals surface area contributed by atoms with E-state index in [9.17, 15) is 20.4 Å². The highest BCUT2D eigenvalue weighted by molar-refractivity contribution is 8.17. The van der Waals surface area contributed by atoms with Gasteiger partial charge in [-0.15, -0.1) is 23.5 Å². The van der Waals surface area contributed by atoms with Gasteiger partial charge in [-0.3, -0.25) is 0 Å². The van der Waals surface area contributed by atoms with Gasteiger partial charge in [-0.2, -0.15) is 5.26 Å². The molecular weight excluding hydrogens is 370 g/mol. The normalized spacial score (nSPS) is 26.9. The van der Waals surface area contributed by atoms with Crippen molar-refractivity contribution in [3.8, 4) is 6.07 Å². The summed E-state index contributed by atoms with van der Waals surface area (Å²) < 4.78 is -0.345. The second-order valence-electron chi connectivity index (χ2n) is 6.04. The maximum atomic E-state index is 10.8. The van der Waals surface area contributed by atoms with Gasteiger partial charge in [-0.05, 0) is 29.3 Å². The molecule has 1 fully saturated rings. The van der Waals surface area contributed by atoms with Gasteiger partial charge >= 0.3 is 0 Å². The Kier molecular flexibility index (Phi) is 6.24. The Balaban J connectivity index is 1.82. The fraction of sp³-hybridized carbons (Fsp3) is 0.316. The molecule has 0 aromatic heterocycles. The van der Waals surface area contributed by atoms with Crippen LogP contribution in [-0.2, 0) is 0 Å². The third-order valence-electron chi connectivity index (χ3n) is 4.27. The first-order valence-corrected chi connectivity index (χ1v) is 10.0. The number of aliphatic hydroxyl groups excluding tert-OH is 4. The number of nitriles is 1. The number of thioether (sulfide) groups is 2. The summed E-state index contributed by atoms with van der Waals surface area (Å²) in [6.45, 7) is 0.